The minimum atomic E-state index is 0.209. The third-order valence-corrected chi connectivity index (χ3v) is 2.88. The third-order valence-electron chi connectivity index (χ3n) is 2.32. The van der Waals surface area contributed by atoms with Crippen LogP contribution in [0, 0.1) is 5.92 Å². The first-order chi connectivity index (χ1) is 7.16. The fraction of sp³-hybridized carbons (Fsp3) is 0.917. The topological polar surface area (TPSA) is 29.1 Å². The Hall–Kier alpha value is -0.0500. The smallest absolute Gasteiger partial charge is 0.219 e. The molecule has 0 saturated carbocycles. The quantitative estimate of drug-likeness (QED) is 0.507. The van der Waals surface area contributed by atoms with E-state index in [1.807, 2.05) is 0 Å². The number of hydrogen-bond acceptors (Lipinski definition) is 1. The van der Waals surface area contributed by atoms with Gasteiger partial charge in [0, 0.05) is 18.3 Å². The van der Waals surface area contributed by atoms with Gasteiger partial charge in [-0.25, -0.2) is 0 Å². The summed E-state index contributed by atoms with van der Waals surface area (Å²) < 4.78 is 0. The van der Waals surface area contributed by atoms with Crippen LogP contribution >= 0.6 is 15.9 Å². The summed E-state index contributed by atoms with van der Waals surface area (Å²) in [7, 11) is 0. The van der Waals surface area contributed by atoms with E-state index in [0.29, 0.717) is 6.42 Å². The van der Waals surface area contributed by atoms with E-state index in [1.54, 1.807) is 0 Å². The number of hydrogen-bond donors (Lipinski definition) is 1. The Morgan fingerprint density at radius 2 is 1.93 bits per heavy atom. The summed E-state index contributed by atoms with van der Waals surface area (Å²) in [6, 6.07) is 0. The number of carbonyl (C=O) groups is 1. The van der Waals surface area contributed by atoms with Crippen LogP contribution in [0.3, 0.4) is 0 Å². The molecule has 0 unspecified atom stereocenters. The molecule has 15 heavy (non-hydrogen) atoms. The summed E-state index contributed by atoms with van der Waals surface area (Å²) in [5, 5.41) is 3.96. The molecule has 0 radical (unpaired) electrons. The number of halogens is 1. The maximum Gasteiger partial charge on any atom is 0.219 e. The molecule has 0 heterocycles. The zero-order chi connectivity index (χ0) is 11.5. The highest BCUT2D eigenvalue weighted by atomic mass is 79.9. The van der Waals surface area contributed by atoms with Gasteiger partial charge in [-0.05, 0) is 25.2 Å². The standard InChI is InChI=1S/C12H24BrNO/c1-11(2)7-4-6-10-14-12(15)8-3-5-9-13/h11H,3-10H2,1-2H3,(H,14,15). The molecule has 0 aliphatic rings. The Balaban J connectivity index is 3.17. The monoisotopic (exact) mass is 277 g/mol. The van der Waals surface area contributed by atoms with Crippen molar-refractivity contribution in [3.63, 3.8) is 0 Å². The van der Waals surface area contributed by atoms with Crippen LogP contribution < -0.4 is 5.32 Å². The van der Waals surface area contributed by atoms with Crippen molar-refractivity contribution in [3.8, 4) is 0 Å². The molecule has 0 saturated heterocycles. The predicted molar refractivity (Wildman–Crippen MR) is 69.3 cm³/mol. The number of rotatable bonds is 9. The van der Waals surface area contributed by atoms with Gasteiger partial charge in [0.05, 0.1) is 0 Å². The fourth-order valence-electron chi connectivity index (χ4n) is 1.37. The second-order valence-electron chi connectivity index (χ2n) is 4.39. The van der Waals surface area contributed by atoms with Crippen LogP contribution in [0.15, 0.2) is 0 Å². The largest absolute Gasteiger partial charge is 0.356 e. The predicted octanol–water partition coefficient (Wildman–Crippen LogP) is 3.49. The molecule has 0 spiro atoms. The van der Waals surface area contributed by atoms with Gasteiger partial charge in [-0.2, -0.15) is 0 Å². The van der Waals surface area contributed by atoms with Crippen LogP contribution in [-0.4, -0.2) is 17.8 Å². The molecule has 0 aromatic rings. The molecule has 90 valence electrons. The molecule has 0 atom stereocenters. The summed E-state index contributed by atoms with van der Waals surface area (Å²) in [6.07, 6.45) is 6.35. The van der Waals surface area contributed by atoms with E-state index in [-0.39, 0.29) is 5.91 Å². The van der Waals surface area contributed by atoms with Crippen molar-refractivity contribution in [1.29, 1.82) is 0 Å². The molecule has 1 N–H and O–H groups in total. The normalized spacial score (nSPS) is 10.7. The van der Waals surface area contributed by atoms with Gasteiger partial charge in [0.1, 0.15) is 0 Å². The number of carbonyl (C=O) groups excluding carboxylic acids is 1. The molecule has 0 fully saturated rings. The van der Waals surface area contributed by atoms with Crippen molar-refractivity contribution < 1.29 is 4.79 Å². The van der Waals surface area contributed by atoms with Gasteiger partial charge in [0.15, 0.2) is 0 Å². The highest BCUT2D eigenvalue weighted by Gasteiger charge is 2.00. The molecule has 0 aromatic heterocycles. The molecule has 0 bridgehead atoms. The lowest BCUT2D eigenvalue weighted by Gasteiger charge is -2.06. The minimum absolute atomic E-state index is 0.209. The molecular formula is C12H24BrNO. The van der Waals surface area contributed by atoms with Crippen LogP contribution in [0.5, 0.6) is 0 Å². The molecule has 0 aromatic carbocycles. The van der Waals surface area contributed by atoms with Crippen LogP contribution in [0.1, 0.15) is 52.4 Å². The SMILES string of the molecule is CC(C)CCCCNC(=O)CCCCBr. The van der Waals surface area contributed by atoms with Gasteiger partial charge >= 0.3 is 0 Å². The van der Waals surface area contributed by atoms with Gasteiger partial charge in [0.2, 0.25) is 5.91 Å². The zero-order valence-corrected chi connectivity index (χ0v) is 11.6. The molecule has 1 amide bonds. The first-order valence-electron chi connectivity index (χ1n) is 5.99. The average molecular weight is 278 g/mol. The van der Waals surface area contributed by atoms with Crippen LogP contribution in [0.2, 0.25) is 0 Å². The van der Waals surface area contributed by atoms with Crippen LogP contribution in [0.4, 0.5) is 0 Å². The van der Waals surface area contributed by atoms with Crippen LogP contribution in [0.25, 0.3) is 0 Å². The Bertz CT molecular complexity index is 160. The Labute approximate surface area is 102 Å². The fourth-order valence-corrected chi connectivity index (χ4v) is 1.77. The lowest BCUT2D eigenvalue weighted by molar-refractivity contribution is -0.121. The van der Waals surface area contributed by atoms with E-state index >= 15 is 0 Å². The van der Waals surface area contributed by atoms with Crippen molar-refractivity contribution in [2.24, 2.45) is 5.92 Å². The van der Waals surface area contributed by atoms with E-state index in [1.165, 1.54) is 12.8 Å². The van der Waals surface area contributed by atoms with Crippen molar-refractivity contribution in [2.75, 3.05) is 11.9 Å². The first-order valence-corrected chi connectivity index (χ1v) is 7.11. The van der Waals surface area contributed by atoms with E-state index in [2.05, 4.69) is 35.1 Å². The number of nitrogens with one attached hydrogen (secondary N) is 1. The van der Waals surface area contributed by atoms with Gasteiger partial charge in [-0.15, -0.1) is 0 Å². The lowest BCUT2D eigenvalue weighted by atomic mass is 10.1. The van der Waals surface area contributed by atoms with E-state index in [4.69, 9.17) is 0 Å². The van der Waals surface area contributed by atoms with Crippen molar-refractivity contribution in [1.82, 2.24) is 5.32 Å². The first kappa shape index (κ1) is 14.9. The number of amides is 1. The lowest BCUT2D eigenvalue weighted by Crippen LogP contribution is -2.24. The second kappa shape index (κ2) is 10.5. The zero-order valence-electron chi connectivity index (χ0n) is 10.0. The Kier molecular flexibility index (Phi) is 10.4. The summed E-state index contributed by atoms with van der Waals surface area (Å²) >= 11 is 3.35. The summed E-state index contributed by atoms with van der Waals surface area (Å²) in [5.74, 6) is 0.986. The average Bonchev–Trinajstić information content (AvgIpc) is 2.17. The second-order valence-corrected chi connectivity index (χ2v) is 5.18. The minimum Gasteiger partial charge on any atom is -0.356 e. The van der Waals surface area contributed by atoms with Crippen LogP contribution in [-0.2, 0) is 4.79 Å². The van der Waals surface area contributed by atoms with Crippen molar-refractivity contribution >= 4 is 21.8 Å². The molecular weight excluding hydrogens is 254 g/mol. The molecule has 3 heteroatoms. The highest BCUT2D eigenvalue weighted by Crippen LogP contribution is 2.05. The molecule has 0 aliphatic heterocycles. The summed E-state index contributed by atoms with van der Waals surface area (Å²) in [6.45, 7) is 5.32. The Morgan fingerprint density at radius 3 is 2.53 bits per heavy atom. The highest BCUT2D eigenvalue weighted by molar-refractivity contribution is 9.09. The van der Waals surface area contributed by atoms with E-state index in [9.17, 15) is 4.79 Å². The molecule has 0 rings (SSSR count). The van der Waals surface area contributed by atoms with Gasteiger partial charge in [-0.1, -0.05) is 42.6 Å². The van der Waals surface area contributed by atoms with Gasteiger partial charge < -0.3 is 5.32 Å². The van der Waals surface area contributed by atoms with Crippen molar-refractivity contribution in [3.05, 3.63) is 0 Å². The summed E-state index contributed by atoms with van der Waals surface area (Å²) in [4.78, 5) is 11.3. The summed E-state index contributed by atoms with van der Waals surface area (Å²) in [5.41, 5.74) is 0. The van der Waals surface area contributed by atoms with Gasteiger partial charge in [0.25, 0.3) is 0 Å². The molecule has 0 aliphatic carbocycles. The van der Waals surface area contributed by atoms with Gasteiger partial charge in [-0.3, -0.25) is 4.79 Å². The van der Waals surface area contributed by atoms with Crippen molar-refractivity contribution in [2.45, 2.75) is 52.4 Å². The maximum atomic E-state index is 11.3. The maximum absolute atomic E-state index is 11.3. The Morgan fingerprint density at radius 1 is 1.20 bits per heavy atom. The molecule has 2 nitrogen and oxygen atoms in total. The van der Waals surface area contributed by atoms with E-state index < -0.39 is 0 Å². The third kappa shape index (κ3) is 11.9. The number of unbranched alkanes of at least 4 members (excludes halogenated alkanes) is 2. The number of alkyl halides is 1. The van der Waals surface area contributed by atoms with E-state index in [0.717, 1.165) is 37.1 Å².